The van der Waals surface area contributed by atoms with Gasteiger partial charge in [-0.15, -0.1) is 0 Å². The molecule has 1 fully saturated rings. The summed E-state index contributed by atoms with van der Waals surface area (Å²) in [5, 5.41) is 1.72. The molecular weight excluding hydrogens is 240 g/mol. The number of hydrogen-bond donors (Lipinski definition) is 2. The number of hydrogen-bond acceptors (Lipinski definition) is 4. The van der Waals surface area contributed by atoms with E-state index in [0.29, 0.717) is 0 Å². The fourth-order valence-electron chi connectivity index (χ4n) is 1.58. The lowest BCUT2D eigenvalue weighted by molar-refractivity contribution is -0.155. The molecule has 0 aromatic rings. The summed E-state index contributed by atoms with van der Waals surface area (Å²) < 4.78 is 0. The Kier molecular flexibility index (Phi) is 3.86. The van der Waals surface area contributed by atoms with Crippen LogP contribution < -0.4 is 5.32 Å². The van der Waals surface area contributed by atoms with Gasteiger partial charge in [0.1, 0.15) is 12.1 Å². The molecule has 1 aliphatic rings. The van der Waals surface area contributed by atoms with E-state index in [-0.39, 0.29) is 18.4 Å². The lowest BCUT2D eigenvalue weighted by atomic mass is 9.97. The molecule has 0 aromatic carbocycles. The van der Waals surface area contributed by atoms with E-state index in [1.165, 1.54) is 4.90 Å². The molecule has 6 heteroatoms. The number of thiol groups is 1. The average molecular weight is 258 g/mol. The van der Waals surface area contributed by atoms with Crippen LogP contribution in [-0.4, -0.2) is 40.0 Å². The molecule has 0 radical (unpaired) electrons. The second-order valence-electron chi connectivity index (χ2n) is 5.05. The molecule has 1 rings (SSSR count). The van der Waals surface area contributed by atoms with Crippen LogP contribution >= 0.6 is 12.6 Å². The predicted molar refractivity (Wildman–Crippen MR) is 66.6 cm³/mol. The minimum atomic E-state index is -1.01. The Morgan fingerprint density at radius 3 is 2.41 bits per heavy atom. The maximum absolute atomic E-state index is 12.2. The molecule has 5 nitrogen and oxygen atoms in total. The number of amides is 3. The fourth-order valence-corrected chi connectivity index (χ4v) is 1.72. The van der Waals surface area contributed by atoms with E-state index in [0.717, 1.165) is 0 Å². The van der Waals surface area contributed by atoms with Crippen LogP contribution in [0.2, 0.25) is 0 Å². The van der Waals surface area contributed by atoms with Gasteiger partial charge in [-0.3, -0.25) is 19.7 Å². The highest BCUT2D eigenvalue weighted by Gasteiger charge is 2.44. The van der Waals surface area contributed by atoms with E-state index in [1.54, 1.807) is 13.8 Å². The van der Waals surface area contributed by atoms with Crippen LogP contribution in [0, 0.1) is 5.92 Å². The summed E-state index contributed by atoms with van der Waals surface area (Å²) in [6, 6.07) is 0. The Morgan fingerprint density at radius 1 is 1.41 bits per heavy atom. The Bertz CT molecular complexity index is 366. The second-order valence-corrected chi connectivity index (χ2v) is 5.61. The van der Waals surface area contributed by atoms with Gasteiger partial charge in [-0.1, -0.05) is 13.8 Å². The summed E-state index contributed by atoms with van der Waals surface area (Å²) in [6.07, 6.45) is 0. The molecule has 1 N–H and O–H groups in total. The van der Waals surface area contributed by atoms with Crippen molar-refractivity contribution in [1.29, 1.82) is 0 Å². The normalized spacial score (nSPS) is 21.4. The Balaban J connectivity index is 2.98. The Hall–Kier alpha value is -1.04. The molecule has 1 heterocycles. The van der Waals surface area contributed by atoms with Gasteiger partial charge in [-0.05, 0) is 19.8 Å². The third-order valence-corrected chi connectivity index (χ3v) is 3.75. The van der Waals surface area contributed by atoms with Gasteiger partial charge in [0.2, 0.25) is 11.8 Å². The maximum Gasteiger partial charge on any atom is 0.252 e. The van der Waals surface area contributed by atoms with E-state index in [2.05, 4.69) is 17.9 Å². The van der Waals surface area contributed by atoms with Crippen LogP contribution in [0.5, 0.6) is 0 Å². The van der Waals surface area contributed by atoms with Crippen molar-refractivity contribution in [1.82, 2.24) is 10.2 Å². The number of carbonyl (C=O) groups is 3. The molecule has 0 aliphatic carbocycles. The van der Waals surface area contributed by atoms with E-state index in [4.69, 9.17) is 0 Å². The quantitative estimate of drug-likeness (QED) is 0.549. The number of piperazine rings is 1. The zero-order valence-corrected chi connectivity index (χ0v) is 11.4. The Morgan fingerprint density at radius 2 is 1.94 bits per heavy atom. The summed E-state index contributed by atoms with van der Waals surface area (Å²) in [6.45, 7) is 6.88. The first-order chi connectivity index (χ1) is 7.67. The van der Waals surface area contributed by atoms with Gasteiger partial charge in [-0.25, -0.2) is 0 Å². The zero-order chi connectivity index (χ0) is 13.4. The lowest BCUT2D eigenvalue weighted by Gasteiger charge is -2.41. The van der Waals surface area contributed by atoms with Gasteiger partial charge in [0, 0.05) is 0 Å². The van der Waals surface area contributed by atoms with Gasteiger partial charge in [-0.2, -0.15) is 12.6 Å². The summed E-state index contributed by atoms with van der Waals surface area (Å²) in [5.41, 5.74) is -1.01. The van der Waals surface area contributed by atoms with Crippen molar-refractivity contribution in [3.63, 3.8) is 0 Å². The molecular formula is C11H18N2O3S. The summed E-state index contributed by atoms with van der Waals surface area (Å²) in [7, 11) is 0. The predicted octanol–water partition coefficient (Wildman–Crippen LogP) is 0.204. The smallest absolute Gasteiger partial charge is 0.252 e. The molecule has 1 saturated heterocycles. The minimum absolute atomic E-state index is 0.0433. The molecule has 0 aromatic heterocycles. The molecule has 0 spiro atoms. The second kappa shape index (κ2) is 4.68. The molecule has 0 saturated carbocycles. The Labute approximate surface area is 106 Å². The van der Waals surface area contributed by atoms with Crippen LogP contribution in [0.25, 0.3) is 0 Å². The number of nitrogens with one attached hydrogen (secondary N) is 1. The van der Waals surface area contributed by atoms with Gasteiger partial charge >= 0.3 is 0 Å². The molecule has 1 atom stereocenters. The minimum Gasteiger partial charge on any atom is -0.318 e. The van der Waals surface area contributed by atoms with Crippen LogP contribution in [0.1, 0.15) is 27.7 Å². The highest BCUT2D eigenvalue weighted by molar-refractivity contribution is 7.81. The first kappa shape index (κ1) is 14.0. The number of nitrogens with zero attached hydrogens (tertiary/aromatic N) is 1. The SMILES string of the molecule is CC(C)C(S)C(=O)N1CC(=O)NC(=O)C1(C)C. The summed E-state index contributed by atoms with van der Waals surface area (Å²) in [4.78, 5) is 36.5. The molecule has 17 heavy (non-hydrogen) atoms. The van der Waals surface area contributed by atoms with E-state index in [9.17, 15) is 14.4 Å². The van der Waals surface area contributed by atoms with Crippen molar-refractivity contribution in [2.75, 3.05) is 6.54 Å². The van der Waals surface area contributed by atoms with E-state index in [1.807, 2.05) is 13.8 Å². The van der Waals surface area contributed by atoms with Crippen LogP contribution in [0.15, 0.2) is 0 Å². The van der Waals surface area contributed by atoms with Crippen LogP contribution in [0.4, 0.5) is 0 Å². The largest absolute Gasteiger partial charge is 0.318 e. The summed E-state index contributed by atoms with van der Waals surface area (Å²) in [5.74, 6) is -1.14. The van der Waals surface area contributed by atoms with Crippen molar-refractivity contribution >= 4 is 30.4 Å². The highest BCUT2D eigenvalue weighted by atomic mass is 32.1. The number of rotatable bonds is 2. The molecule has 3 amide bonds. The van der Waals surface area contributed by atoms with Gasteiger partial charge in [0.15, 0.2) is 0 Å². The maximum atomic E-state index is 12.2. The third kappa shape index (κ3) is 2.62. The van der Waals surface area contributed by atoms with Crippen LogP contribution in [-0.2, 0) is 14.4 Å². The number of imide groups is 1. The third-order valence-electron chi connectivity index (χ3n) is 2.94. The summed E-state index contributed by atoms with van der Waals surface area (Å²) >= 11 is 4.23. The van der Waals surface area contributed by atoms with Crippen molar-refractivity contribution < 1.29 is 14.4 Å². The molecule has 1 unspecified atom stereocenters. The van der Waals surface area contributed by atoms with Gasteiger partial charge < -0.3 is 4.90 Å². The average Bonchev–Trinajstić information content (AvgIpc) is 2.21. The standard InChI is InChI=1S/C11H18N2O3S/c1-6(2)8(17)9(15)13-5-7(14)12-10(16)11(13,3)4/h6,8,17H,5H2,1-4H3,(H,12,14,16). The van der Waals surface area contributed by atoms with E-state index < -0.39 is 22.6 Å². The first-order valence-electron chi connectivity index (χ1n) is 5.51. The lowest BCUT2D eigenvalue weighted by Crippen LogP contribution is -2.66. The molecule has 96 valence electrons. The van der Waals surface area contributed by atoms with Crippen LogP contribution in [0.3, 0.4) is 0 Å². The van der Waals surface area contributed by atoms with Crippen molar-refractivity contribution in [3.05, 3.63) is 0 Å². The monoisotopic (exact) mass is 258 g/mol. The fraction of sp³-hybridized carbons (Fsp3) is 0.727. The van der Waals surface area contributed by atoms with Gasteiger partial charge in [0.25, 0.3) is 5.91 Å². The molecule has 1 aliphatic heterocycles. The highest BCUT2D eigenvalue weighted by Crippen LogP contribution is 2.22. The first-order valence-corrected chi connectivity index (χ1v) is 6.03. The molecule has 0 bridgehead atoms. The van der Waals surface area contributed by atoms with E-state index >= 15 is 0 Å². The van der Waals surface area contributed by atoms with Gasteiger partial charge in [0.05, 0.1) is 5.25 Å². The van der Waals surface area contributed by atoms with Crippen molar-refractivity contribution in [3.8, 4) is 0 Å². The topological polar surface area (TPSA) is 66.5 Å². The van der Waals surface area contributed by atoms with Crippen molar-refractivity contribution in [2.45, 2.75) is 38.5 Å². The zero-order valence-electron chi connectivity index (χ0n) is 10.5. The van der Waals surface area contributed by atoms with Crippen molar-refractivity contribution in [2.24, 2.45) is 5.92 Å². The number of carbonyl (C=O) groups excluding carboxylic acids is 3.